The molecule has 88 valence electrons. The highest BCUT2D eigenvalue weighted by Gasteiger charge is 2.13. The van der Waals surface area contributed by atoms with Crippen LogP contribution in [0.4, 0.5) is 0 Å². The molecule has 0 spiro atoms. The van der Waals surface area contributed by atoms with E-state index in [1.165, 1.54) is 0 Å². The van der Waals surface area contributed by atoms with E-state index in [9.17, 15) is 4.79 Å². The minimum Gasteiger partial charge on any atom is -0.293 e. The zero-order chi connectivity index (χ0) is 12.0. The van der Waals surface area contributed by atoms with Crippen LogP contribution in [-0.4, -0.2) is 29.8 Å². The first-order valence-electron chi connectivity index (χ1n) is 5.97. The minimum atomic E-state index is 0.211. The lowest BCUT2D eigenvalue weighted by Crippen LogP contribution is -2.36. The summed E-state index contributed by atoms with van der Waals surface area (Å²) in [5.74, 6) is 0.211. The lowest BCUT2D eigenvalue weighted by atomic mass is 10.1. The molecule has 2 heteroatoms. The number of rotatable bonds is 6. The van der Waals surface area contributed by atoms with Crippen molar-refractivity contribution in [1.29, 1.82) is 0 Å². The summed E-state index contributed by atoms with van der Waals surface area (Å²) in [4.78, 5) is 14.2. The molecule has 0 aliphatic heterocycles. The maximum atomic E-state index is 12.0. The SMILES string of the molecule is CCCN(CC(=O)c1ccccc1)C(C)C. The zero-order valence-electron chi connectivity index (χ0n) is 10.4. The van der Waals surface area contributed by atoms with Gasteiger partial charge in [0.2, 0.25) is 0 Å². The summed E-state index contributed by atoms with van der Waals surface area (Å²) in [7, 11) is 0. The van der Waals surface area contributed by atoms with Crippen LogP contribution in [0.15, 0.2) is 30.3 Å². The number of carbonyl (C=O) groups is 1. The normalized spacial score (nSPS) is 11.1. The van der Waals surface area contributed by atoms with Gasteiger partial charge in [-0.2, -0.15) is 0 Å². The first kappa shape index (κ1) is 12.9. The molecule has 0 aromatic heterocycles. The van der Waals surface area contributed by atoms with Crippen molar-refractivity contribution in [3.8, 4) is 0 Å². The zero-order valence-corrected chi connectivity index (χ0v) is 10.4. The monoisotopic (exact) mass is 219 g/mol. The second-order valence-corrected chi connectivity index (χ2v) is 4.35. The van der Waals surface area contributed by atoms with Crippen LogP contribution in [-0.2, 0) is 0 Å². The van der Waals surface area contributed by atoms with Crippen molar-refractivity contribution in [3.63, 3.8) is 0 Å². The fourth-order valence-electron chi connectivity index (χ4n) is 1.71. The first-order chi connectivity index (χ1) is 7.65. The largest absolute Gasteiger partial charge is 0.293 e. The van der Waals surface area contributed by atoms with Crippen molar-refractivity contribution >= 4 is 5.78 Å². The van der Waals surface area contributed by atoms with Gasteiger partial charge in [0.05, 0.1) is 6.54 Å². The third-order valence-corrected chi connectivity index (χ3v) is 2.68. The smallest absolute Gasteiger partial charge is 0.176 e. The van der Waals surface area contributed by atoms with Gasteiger partial charge in [0, 0.05) is 11.6 Å². The van der Waals surface area contributed by atoms with E-state index in [0.717, 1.165) is 18.5 Å². The molecule has 1 aromatic carbocycles. The summed E-state index contributed by atoms with van der Waals surface area (Å²) in [6, 6.07) is 9.94. The molecule has 0 atom stereocenters. The topological polar surface area (TPSA) is 20.3 Å². The van der Waals surface area contributed by atoms with Crippen molar-refractivity contribution < 1.29 is 4.79 Å². The van der Waals surface area contributed by atoms with Gasteiger partial charge in [-0.05, 0) is 26.8 Å². The highest BCUT2D eigenvalue weighted by Crippen LogP contribution is 2.05. The molecule has 1 aromatic rings. The highest BCUT2D eigenvalue weighted by atomic mass is 16.1. The number of hydrogen-bond donors (Lipinski definition) is 0. The fraction of sp³-hybridized carbons (Fsp3) is 0.500. The van der Waals surface area contributed by atoms with Crippen molar-refractivity contribution in [3.05, 3.63) is 35.9 Å². The van der Waals surface area contributed by atoms with Crippen molar-refractivity contribution in [2.75, 3.05) is 13.1 Å². The Balaban J connectivity index is 2.62. The van der Waals surface area contributed by atoms with Gasteiger partial charge in [-0.1, -0.05) is 37.3 Å². The average Bonchev–Trinajstić information content (AvgIpc) is 2.29. The fourth-order valence-corrected chi connectivity index (χ4v) is 1.71. The van der Waals surface area contributed by atoms with Crippen LogP contribution >= 0.6 is 0 Å². The maximum absolute atomic E-state index is 12.0. The van der Waals surface area contributed by atoms with Gasteiger partial charge in [0.15, 0.2) is 5.78 Å². The molecule has 0 saturated carbocycles. The average molecular weight is 219 g/mol. The van der Waals surface area contributed by atoms with E-state index in [2.05, 4.69) is 25.7 Å². The Morgan fingerprint density at radius 1 is 1.25 bits per heavy atom. The molecule has 0 aliphatic rings. The molecule has 2 nitrogen and oxygen atoms in total. The molecular weight excluding hydrogens is 198 g/mol. The lowest BCUT2D eigenvalue weighted by molar-refractivity contribution is 0.0906. The van der Waals surface area contributed by atoms with Gasteiger partial charge in [-0.15, -0.1) is 0 Å². The number of ketones is 1. The van der Waals surface area contributed by atoms with Crippen LogP contribution in [0.1, 0.15) is 37.6 Å². The van der Waals surface area contributed by atoms with Gasteiger partial charge < -0.3 is 0 Å². The Bertz CT molecular complexity index is 319. The van der Waals surface area contributed by atoms with E-state index in [1.54, 1.807) is 0 Å². The molecule has 1 rings (SSSR count). The van der Waals surface area contributed by atoms with Gasteiger partial charge in [-0.3, -0.25) is 9.69 Å². The standard InChI is InChI=1S/C14H21NO/c1-4-10-15(12(2)3)11-14(16)13-8-6-5-7-9-13/h5-9,12H,4,10-11H2,1-3H3. The quantitative estimate of drug-likeness (QED) is 0.685. The number of hydrogen-bond acceptors (Lipinski definition) is 2. The summed E-state index contributed by atoms with van der Waals surface area (Å²) < 4.78 is 0. The molecule has 0 N–H and O–H groups in total. The van der Waals surface area contributed by atoms with Crippen LogP contribution < -0.4 is 0 Å². The van der Waals surface area contributed by atoms with Crippen LogP contribution in [0.25, 0.3) is 0 Å². The van der Waals surface area contributed by atoms with Gasteiger partial charge in [-0.25, -0.2) is 0 Å². The third kappa shape index (κ3) is 3.78. The summed E-state index contributed by atoms with van der Waals surface area (Å²) in [5, 5.41) is 0. The van der Waals surface area contributed by atoms with E-state index in [4.69, 9.17) is 0 Å². The Hall–Kier alpha value is -1.15. The molecule has 0 saturated heterocycles. The second kappa shape index (κ2) is 6.44. The number of nitrogens with zero attached hydrogens (tertiary/aromatic N) is 1. The predicted octanol–water partition coefficient (Wildman–Crippen LogP) is 2.99. The van der Waals surface area contributed by atoms with Crippen LogP contribution in [0, 0.1) is 0 Å². The third-order valence-electron chi connectivity index (χ3n) is 2.68. The molecule has 0 heterocycles. The molecule has 0 bridgehead atoms. The van der Waals surface area contributed by atoms with Crippen LogP contribution in [0.5, 0.6) is 0 Å². The van der Waals surface area contributed by atoms with E-state index >= 15 is 0 Å². The minimum absolute atomic E-state index is 0.211. The molecule has 0 fully saturated rings. The molecule has 0 amide bonds. The van der Waals surface area contributed by atoms with Gasteiger partial charge >= 0.3 is 0 Å². The van der Waals surface area contributed by atoms with E-state index in [-0.39, 0.29) is 5.78 Å². The Kier molecular flexibility index (Phi) is 5.20. The Morgan fingerprint density at radius 3 is 2.38 bits per heavy atom. The van der Waals surface area contributed by atoms with E-state index in [0.29, 0.717) is 12.6 Å². The molecule has 0 radical (unpaired) electrons. The molecule has 16 heavy (non-hydrogen) atoms. The summed E-state index contributed by atoms with van der Waals surface area (Å²) in [5.41, 5.74) is 0.809. The second-order valence-electron chi connectivity index (χ2n) is 4.35. The van der Waals surface area contributed by atoms with Crippen LogP contribution in [0.2, 0.25) is 0 Å². The summed E-state index contributed by atoms with van der Waals surface area (Å²) in [6.45, 7) is 7.91. The Morgan fingerprint density at radius 2 is 1.88 bits per heavy atom. The molecular formula is C14H21NO. The van der Waals surface area contributed by atoms with Crippen LogP contribution in [0.3, 0.4) is 0 Å². The highest BCUT2D eigenvalue weighted by molar-refractivity contribution is 5.97. The first-order valence-corrected chi connectivity index (χ1v) is 5.97. The Labute approximate surface area is 98.3 Å². The maximum Gasteiger partial charge on any atom is 0.176 e. The lowest BCUT2D eigenvalue weighted by Gasteiger charge is -2.25. The van der Waals surface area contributed by atoms with E-state index < -0.39 is 0 Å². The van der Waals surface area contributed by atoms with Crippen molar-refractivity contribution in [2.45, 2.75) is 33.2 Å². The van der Waals surface area contributed by atoms with Gasteiger partial charge in [0.25, 0.3) is 0 Å². The number of carbonyl (C=O) groups excluding carboxylic acids is 1. The summed E-state index contributed by atoms with van der Waals surface area (Å²) in [6.07, 6.45) is 1.08. The summed E-state index contributed by atoms with van der Waals surface area (Å²) >= 11 is 0. The molecule has 0 aliphatic carbocycles. The van der Waals surface area contributed by atoms with E-state index in [1.807, 2.05) is 30.3 Å². The van der Waals surface area contributed by atoms with Gasteiger partial charge in [0.1, 0.15) is 0 Å². The number of benzene rings is 1. The number of Topliss-reactive ketones (excluding diaryl/α,β-unsaturated/α-hetero) is 1. The molecule has 0 unspecified atom stereocenters. The van der Waals surface area contributed by atoms with Crippen molar-refractivity contribution in [1.82, 2.24) is 4.90 Å². The van der Waals surface area contributed by atoms with Crippen molar-refractivity contribution in [2.24, 2.45) is 0 Å². The predicted molar refractivity (Wildman–Crippen MR) is 67.8 cm³/mol.